The highest BCUT2D eigenvalue weighted by Crippen LogP contribution is 2.24. The predicted molar refractivity (Wildman–Crippen MR) is 102 cm³/mol. The maximum Gasteiger partial charge on any atom is 0.322 e. The predicted octanol–water partition coefficient (Wildman–Crippen LogP) is 1.51. The molecule has 8 nitrogen and oxygen atoms in total. The standard InChI is InChI=1S/C19H28N4O4/c1-26-17-6-5-14(12-16(17)18(20)24)21-19(25)23-7-3-2-4-15(23)13-22-8-10-27-11-9-22/h5-6,12,15H,2-4,7-11,13H2,1H3,(H2,20,24)(H,21,25). The van der Waals surface area contributed by atoms with Crippen molar-refractivity contribution in [2.45, 2.75) is 25.3 Å². The zero-order valence-corrected chi connectivity index (χ0v) is 15.8. The van der Waals surface area contributed by atoms with Crippen molar-refractivity contribution in [2.75, 3.05) is 51.8 Å². The Morgan fingerprint density at radius 2 is 2.04 bits per heavy atom. The summed E-state index contributed by atoms with van der Waals surface area (Å²) in [4.78, 5) is 28.7. The Labute approximate surface area is 159 Å². The molecule has 1 unspecified atom stereocenters. The average molecular weight is 376 g/mol. The lowest BCUT2D eigenvalue weighted by molar-refractivity contribution is 0.0229. The van der Waals surface area contributed by atoms with Crippen molar-refractivity contribution >= 4 is 17.6 Å². The van der Waals surface area contributed by atoms with Crippen LogP contribution in [0.15, 0.2) is 18.2 Å². The second-order valence-electron chi connectivity index (χ2n) is 6.97. The molecule has 2 fully saturated rings. The van der Waals surface area contributed by atoms with E-state index in [0.29, 0.717) is 11.4 Å². The summed E-state index contributed by atoms with van der Waals surface area (Å²) in [6.45, 7) is 4.92. The summed E-state index contributed by atoms with van der Waals surface area (Å²) in [6.07, 6.45) is 3.13. The number of likely N-dealkylation sites (tertiary alicyclic amines) is 1. The molecule has 1 aromatic carbocycles. The lowest BCUT2D eigenvalue weighted by Crippen LogP contribution is -2.52. The van der Waals surface area contributed by atoms with Crippen LogP contribution < -0.4 is 15.8 Å². The van der Waals surface area contributed by atoms with Crippen molar-refractivity contribution in [2.24, 2.45) is 5.73 Å². The number of carbonyl (C=O) groups excluding carboxylic acids is 2. The number of primary amides is 1. The monoisotopic (exact) mass is 376 g/mol. The fraction of sp³-hybridized carbons (Fsp3) is 0.579. The number of nitrogens with two attached hydrogens (primary N) is 1. The van der Waals surface area contributed by atoms with Gasteiger partial charge >= 0.3 is 6.03 Å². The lowest BCUT2D eigenvalue weighted by Gasteiger charge is -2.39. The molecule has 3 amide bonds. The maximum atomic E-state index is 12.9. The van der Waals surface area contributed by atoms with E-state index in [1.54, 1.807) is 18.2 Å². The van der Waals surface area contributed by atoms with Gasteiger partial charge in [-0.05, 0) is 37.5 Å². The van der Waals surface area contributed by atoms with Gasteiger partial charge < -0.3 is 25.4 Å². The Morgan fingerprint density at radius 1 is 1.26 bits per heavy atom. The van der Waals surface area contributed by atoms with Gasteiger partial charge in [-0.15, -0.1) is 0 Å². The number of amides is 3. The SMILES string of the molecule is COc1ccc(NC(=O)N2CCCCC2CN2CCOCC2)cc1C(N)=O. The van der Waals surface area contributed by atoms with Gasteiger partial charge in [0.15, 0.2) is 0 Å². The van der Waals surface area contributed by atoms with Crippen LogP contribution in [0.4, 0.5) is 10.5 Å². The number of piperidine rings is 1. The summed E-state index contributed by atoms with van der Waals surface area (Å²) >= 11 is 0. The number of rotatable bonds is 5. The number of nitrogens with one attached hydrogen (secondary N) is 1. The lowest BCUT2D eigenvalue weighted by atomic mass is 10.0. The van der Waals surface area contributed by atoms with Gasteiger partial charge in [0.1, 0.15) is 5.75 Å². The van der Waals surface area contributed by atoms with Crippen molar-refractivity contribution in [3.63, 3.8) is 0 Å². The number of benzene rings is 1. The third-order valence-electron chi connectivity index (χ3n) is 5.18. The molecule has 3 rings (SSSR count). The maximum absolute atomic E-state index is 12.9. The summed E-state index contributed by atoms with van der Waals surface area (Å²) in [5, 5.41) is 2.91. The highest BCUT2D eigenvalue weighted by Gasteiger charge is 2.29. The first-order chi connectivity index (χ1) is 13.1. The summed E-state index contributed by atoms with van der Waals surface area (Å²) in [7, 11) is 1.48. The van der Waals surface area contributed by atoms with Crippen molar-refractivity contribution in [3.05, 3.63) is 23.8 Å². The minimum atomic E-state index is -0.592. The normalized spacial score (nSPS) is 20.9. The summed E-state index contributed by atoms with van der Waals surface area (Å²) in [5.74, 6) is -0.199. The van der Waals surface area contributed by atoms with E-state index in [1.165, 1.54) is 7.11 Å². The van der Waals surface area contributed by atoms with E-state index in [-0.39, 0.29) is 17.6 Å². The van der Waals surface area contributed by atoms with E-state index in [2.05, 4.69) is 10.2 Å². The molecule has 27 heavy (non-hydrogen) atoms. The summed E-state index contributed by atoms with van der Waals surface area (Å²) in [5.41, 5.74) is 6.18. The first-order valence-corrected chi connectivity index (χ1v) is 9.44. The zero-order valence-electron chi connectivity index (χ0n) is 15.8. The highest BCUT2D eigenvalue weighted by atomic mass is 16.5. The number of carbonyl (C=O) groups is 2. The topological polar surface area (TPSA) is 97.1 Å². The Morgan fingerprint density at radius 3 is 2.74 bits per heavy atom. The molecule has 2 aliphatic heterocycles. The number of hydrogen-bond acceptors (Lipinski definition) is 5. The Balaban J connectivity index is 1.67. The fourth-order valence-corrected chi connectivity index (χ4v) is 3.71. The molecule has 0 radical (unpaired) electrons. The molecule has 2 aliphatic rings. The van der Waals surface area contributed by atoms with E-state index >= 15 is 0 Å². The van der Waals surface area contributed by atoms with Gasteiger partial charge in [0.2, 0.25) is 0 Å². The van der Waals surface area contributed by atoms with Crippen molar-refractivity contribution in [1.29, 1.82) is 0 Å². The van der Waals surface area contributed by atoms with E-state index in [9.17, 15) is 9.59 Å². The number of methoxy groups -OCH3 is 1. The third kappa shape index (κ3) is 4.90. The van der Waals surface area contributed by atoms with Crippen LogP contribution in [0.25, 0.3) is 0 Å². The van der Waals surface area contributed by atoms with Crippen molar-refractivity contribution < 1.29 is 19.1 Å². The third-order valence-corrected chi connectivity index (χ3v) is 5.18. The van der Waals surface area contributed by atoms with Gasteiger partial charge in [-0.1, -0.05) is 0 Å². The Kier molecular flexibility index (Phi) is 6.52. The molecule has 3 N–H and O–H groups in total. The molecule has 0 spiro atoms. The van der Waals surface area contributed by atoms with Gasteiger partial charge in [0, 0.05) is 37.9 Å². The molecule has 2 heterocycles. The van der Waals surface area contributed by atoms with Gasteiger partial charge in [-0.2, -0.15) is 0 Å². The largest absolute Gasteiger partial charge is 0.496 e. The molecule has 0 aliphatic carbocycles. The van der Waals surface area contributed by atoms with Gasteiger partial charge in [0.25, 0.3) is 5.91 Å². The molecule has 2 saturated heterocycles. The minimum Gasteiger partial charge on any atom is -0.496 e. The molecule has 8 heteroatoms. The second kappa shape index (κ2) is 9.05. The van der Waals surface area contributed by atoms with Crippen molar-refractivity contribution in [1.82, 2.24) is 9.80 Å². The van der Waals surface area contributed by atoms with E-state index < -0.39 is 5.91 Å². The molecular formula is C19H28N4O4. The van der Waals surface area contributed by atoms with Crippen molar-refractivity contribution in [3.8, 4) is 5.75 Å². The Bertz CT molecular complexity index is 676. The minimum absolute atomic E-state index is 0.145. The molecule has 0 saturated carbocycles. The number of anilines is 1. The first kappa shape index (κ1) is 19.4. The molecule has 1 atom stereocenters. The van der Waals surface area contributed by atoms with Crippen LogP contribution in [-0.2, 0) is 4.74 Å². The number of urea groups is 1. The summed E-state index contributed by atoms with van der Waals surface area (Å²) in [6, 6.07) is 4.94. The number of morpholine rings is 1. The van der Waals surface area contributed by atoms with E-state index in [0.717, 1.165) is 58.7 Å². The second-order valence-corrected chi connectivity index (χ2v) is 6.97. The van der Waals surface area contributed by atoms with Crippen LogP contribution >= 0.6 is 0 Å². The zero-order chi connectivity index (χ0) is 19.2. The molecule has 1 aromatic rings. The quantitative estimate of drug-likeness (QED) is 0.812. The van der Waals surface area contributed by atoms with Crippen LogP contribution in [0.2, 0.25) is 0 Å². The highest BCUT2D eigenvalue weighted by molar-refractivity contribution is 5.98. The number of ether oxygens (including phenoxy) is 2. The van der Waals surface area contributed by atoms with Gasteiger partial charge in [0.05, 0.1) is 25.9 Å². The summed E-state index contributed by atoms with van der Waals surface area (Å²) < 4.78 is 10.6. The fourth-order valence-electron chi connectivity index (χ4n) is 3.71. The average Bonchev–Trinajstić information content (AvgIpc) is 2.69. The van der Waals surface area contributed by atoms with Gasteiger partial charge in [-0.25, -0.2) is 4.79 Å². The number of hydrogen-bond donors (Lipinski definition) is 2. The molecule has 148 valence electrons. The van der Waals surface area contributed by atoms with Crippen LogP contribution in [0.1, 0.15) is 29.6 Å². The van der Waals surface area contributed by atoms with Gasteiger partial charge in [-0.3, -0.25) is 9.69 Å². The number of nitrogens with zero attached hydrogens (tertiary/aromatic N) is 2. The molecular weight excluding hydrogens is 348 g/mol. The van der Waals surface area contributed by atoms with E-state index in [1.807, 2.05) is 4.90 Å². The molecule has 0 bridgehead atoms. The Hall–Kier alpha value is -2.32. The first-order valence-electron chi connectivity index (χ1n) is 9.44. The van der Waals surface area contributed by atoms with Crippen LogP contribution in [-0.4, -0.2) is 74.3 Å². The van der Waals surface area contributed by atoms with Crippen LogP contribution in [0.5, 0.6) is 5.75 Å². The molecule has 0 aromatic heterocycles. The smallest absolute Gasteiger partial charge is 0.322 e. The van der Waals surface area contributed by atoms with Crippen LogP contribution in [0.3, 0.4) is 0 Å². The van der Waals surface area contributed by atoms with E-state index in [4.69, 9.17) is 15.2 Å². The van der Waals surface area contributed by atoms with Crippen LogP contribution in [0, 0.1) is 0 Å².